The molecule has 2 aromatic heterocycles. The molecule has 3 N–H and O–H groups in total. The Balaban J connectivity index is 1.41. The second-order valence-corrected chi connectivity index (χ2v) is 7.88. The van der Waals surface area contributed by atoms with E-state index >= 15 is 0 Å². The van der Waals surface area contributed by atoms with E-state index in [9.17, 15) is 18.3 Å². The number of aliphatic hydroxyl groups is 1. The molecule has 4 aromatic rings. The van der Waals surface area contributed by atoms with E-state index in [0.717, 1.165) is 18.2 Å². The Hall–Kier alpha value is -3.40. The van der Waals surface area contributed by atoms with E-state index in [1.807, 2.05) is 18.2 Å². The summed E-state index contributed by atoms with van der Waals surface area (Å²) in [6.07, 6.45) is -0.150. The molecule has 0 bridgehead atoms. The second-order valence-electron chi connectivity index (χ2n) is 7.88. The SMILES string of the molecule is O[C@H]1CC[C@@H](Oc2cccc3cnc(Nc4ccc5nc(C(F)(F)F)[nH]c5c4)nc23)CC1. The van der Waals surface area contributed by atoms with Gasteiger partial charge in [-0.3, -0.25) is 0 Å². The number of nitrogens with zero attached hydrogens (tertiary/aromatic N) is 3. The van der Waals surface area contributed by atoms with Crippen LogP contribution in [0.3, 0.4) is 0 Å². The number of H-pyrrole nitrogens is 1. The molecule has 0 atom stereocenters. The Morgan fingerprint density at radius 1 is 1.06 bits per heavy atom. The van der Waals surface area contributed by atoms with Crippen molar-refractivity contribution >= 4 is 33.6 Å². The van der Waals surface area contributed by atoms with Gasteiger partial charge in [0, 0.05) is 17.3 Å². The lowest BCUT2D eigenvalue weighted by molar-refractivity contribution is -0.144. The Morgan fingerprint density at radius 2 is 1.88 bits per heavy atom. The zero-order chi connectivity index (χ0) is 22.3. The summed E-state index contributed by atoms with van der Waals surface area (Å²) >= 11 is 0. The van der Waals surface area contributed by atoms with Crippen LogP contribution in [0.4, 0.5) is 24.8 Å². The number of aromatic nitrogens is 4. The molecular weight excluding hydrogens is 423 g/mol. The van der Waals surface area contributed by atoms with E-state index in [1.54, 1.807) is 12.3 Å². The van der Waals surface area contributed by atoms with Gasteiger partial charge in [-0.05, 0) is 49.9 Å². The van der Waals surface area contributed by atoms with E-state index in [0.29, 0.717) is 35.7 Å². The van der Waals surface area contributed by atoms with Crippen LogP contribution in [0.2, 0.25) is 0 Å². The van der Waals surface area contributed by atoms with Gasteiger partial charge in [-0.15, -0.1) is 0 Å². The molecule has 10 heteroatoms. The molecule has 1 saturated carbocycles. The highest BCUT2D eigenvalue weighted by Crippen LogP contribution is 2.31. The number of rotatable bonds is 4. The minimum absolute atomic E-state index is 0.0148. The summed E-state index contributed by atoms with van der Waals surface area (Å²) in [7, 11) is 0. The van der Waals surface area contributed by atoms with Crippen LogP contribution >= 0.6 is 0 Å². The minimum atomic E-state index is -4.54. The van der Waals surface area contributed by atoms with E-state index < -0.39 is 12.0 Å². The molecule has 5 rings (SSSR count). The lowest BCUT2D eigenvalue weighted by atomic mass is 9.95. The normalized spacial score (nSPS) is 19.4. The topological polar surface area (TPSA) is 96.0 Å². The van der Waals surface area contributed by atoms with E-state index in [1.165, 1.54) is 12.1 Å². The van der Waals surface area contributed by atoms with Gasteiger partial charge in [0.05, 0.1) is 23.2 Å². The maximum atomic E-state index is 12.9. The number of hydrogen-bond donors (Lipinski definition) is 3. The van der Waals surface area contributed by atoms with Crippen molar-refractivity contribution in [2.24, 2.45) is 0 Å². The summed E-state index contributed by atoms with van der Waals surface area (Å²) in [4.78, 5) is 14.7. The molecule has 7 nitrogen and oxygen atoms in total. The Morgan fingerprint density at radius 3 is 2.66 bits per heavy atom. The molecule has 1 aliphatic carbocycles. The molecule has 0 unspecified atom stereocenters. The Labute approximate surface area is 180 Å². The summed E-state index contributed by atoms with van der Waals surface area (Å²) < 4.78 is 44.8. The van der Waals surface area contributed by atoms with Gasteiger partial charge in [0.2, 0.25) is 11.8 Å². The molecule has 2 aromatic carbocycles. The molecule has 0 aliphatic heterocycles. The first-order chi connectivity index (χ1) is 15.3. The third kappa shape index (κ3) is 4.18. The zero-order valence-electron chi connectivity index (χ0n) is 16.9. The van der Waals surface area contributed by atoms with Gasteiger partial charge in [-0.25, -0.2) is 15.0 Å². The summed E-state index contributed by atoms with van der Waals surface area (Å²) in [6.45, 7) is 0. The van der Waals surface area contributed by atoms with Gasteiger partial charge in [0.15, 0.2) is 0 Å². The van der Waals surface area contributed by atoms with Crippen LogP contribution in [0.5, 0.6) is 5.75 Å². The Kier molecular flexibility index (Phi) is 5.09. The lowest BCUT2D eigenvalue weighted by Crippen LogP contribution is -2.26. The number of hydrogen-bond acceptors (Lipinski definition) is 6. The summed E-state index contributed by atoms with van der Waals surface area (Å²) in [5, 5.41) is 13.5. The molecule has 32 heavy (non-hydrogen) atoms. The average Bonchev–Trinajstić information content (AvgIpc) is 3.20. The number of fused-ring (bicyclic) bond motifs is 2. The molecule has 2 heterocycles. The van der Waals surface area contributed by atoms with Crippen LogP contribution in [0.15, 0.2) is 42.6 Å². The number of anilines is 2. The van der Waals surface area contributed by atoms with Crippen molar-refractivity contribution in [1.82, 2.24) is 19.9 Å². The first-order valence-electron chi connectivity index (χ1n) is 10.3. The van der Waals surface area contributed by atoms with Crippen LogP contribution in [0.1, 0.15) is 31.5 Å². The number of alkyl halides is 3. The number of halogens is 3. The van der Waals surface area contributed by atoms with Gasteiger partial charge in [-0.2, -0.15) is 13.2 Å². The maximum absolute atomic E-state index is 12.9. The highest BCUT2D eigenvalue weighted by Gasteiger charge is 2.34. The van der Waals surface area contributed by atoms with Gasteiger partial charge in [0.25, 0.3) is 0 Å². The first kappa shape index (κ1) is 20.5. The van der Waals surface area contributed by atoms with Crippen molar-refractivity contribution in [3.63, 3.8) is 0 Å². The Bertz CT molecular complexity index is 1270. The predicted molar refractivity (Wildman–Crippen MR) is 113 cm³/mol. The number of ether oxygens (including phenoxy) is 1. The van der Waals surface area contributed by atoms with Crippen molar-refractivity contribution in [3.8, 4) is 5.75 Å². The number of aliphatic hydroxyl groups excluding tert-OH is 1. The summed E-state index contributed by atoms with van der Waals surface area (Å²) in [5.74, 6) is -0.112. The molecule has 166 valence electrons. The van der Waals surface area contributed by atoms with Crippen LogP contribution in [0.25, 0.3) is 21.9 Å². The van der Waals surface area contributed by atoms with E-state index in [-0.39, 0.29) is 23.2 Å². The fraction of sp³-hybridized carbons (Fsp3) is 0.318. The highest BCUT2D eigenvalue weighted by atomic mass is 19.4. The van der Waals surface area contributed by atoms with Gasteiger partial charge in [-0.1, -0.05) is 12.1 Å². The zero-order valence-corrected chi connectivity index (χ0v) is 16.9. The number of nitrogens with one attached hydrogen (secondary N) is 2. The lowest BCUT2D eigenvalue weighted by Gasteiger charge is -2.26. The number of imidazole rings is 1. The van der Waals surface area contributed by atoms with Crippen molar-refractivity contribution < 1.29 is 23.0 Å². The monoisotopic (exact) mass is 443 g/mol. The molecule has 0 spiro atoms. The van der Waals surface area contributed by atoms with Gasteiger partial charge < -0.3 is 20.1 Å². The number of para-hydroxylation sites is 1. The standard InChI is InChI=1S/C22H20F3N5O2/c23-22(24,25)20-28-16-9-4-13(10-17(16)29-20)27-21-26-11-12-2-1-3-18(19(12)30-21)32-15-7-5-14(31)6-8-15/h1-4,9-11,14-15,31H,5-8H2,(H,28,29)(H,26,27,30)/t14-,15+. The summed E-state index contributed by atoms with van der Waals surface area (Å²) in [6, 6.07) is 10.2. The molecule has 0 saturated heterocycles. The maximum Gasteiger partial charge on any atom is 0.449 e. The van der Waals surface area contributed by atoms with Crippen LogP contribution in [0, 0.1) is 0 Å². The third-order valence-corrected chi connectivity index (χ3v) is 5.52. The van der Waals surface area contributed by atoms with Crippen molar-refractivity contribution in [1.29, 1.82) is 0 Å². The fourth-order valence-electron chi connectivity index (χ4n) is 3.88. The van der Waals surface area contributed by atoms with Crippen LogP contribution < -0.4 is 10.1 Å². The predicted octanol–water partition coefficient (Wildman–Crippen LogP) is 4.95. The van der Waals surface area contributed by atoms with Crippen LogP contribution in [-0.2, 0) is 6.18 Å². The molecule has 0 amide bonds. The highest BCUT2D eigenvalue weighted by molar-refractivity contribution is 5.85. The largest absolute Gasteiger partial charge is 0.488 e. The quantitative estimate of drug-likeness (QED) is 0.413. The van der Waals surface area contributed by atoms with Crippen molar-refractivity contribution in [2.45, 2.75) is 44.1 Å². The van der Waals surface area contributed by atoms with Crippen molar-refractivity contribution in [2.75, 3.05) is 5.32 Å². The molecular formula is C22H20F3N5O2. The minimum Gasteiger partial charge on any atom is -0.488 e. The third-order valence-electron chi connectivity index (χ3n) is 5.52. The van der Waals surface area contributed by atoms with Crippen LogP contribution in [-0.4, -0.2) is 37.3 Å². The van der Waals surface area contributed by atoms with E-state index in [4.69, 9.17) is 4.74 Å². The number of aromatic amines is 1. The van der Waals surface area contributed by atoms with Gasteiger partial charge in [0.1, 0.15) is 11.3 Å². The summed E-state index contributed by atoms with van der Waals surface area (Å²) in [5.41, 5.74) is 1.63. The number of benzene rings is 2. The van der Waals surface area contributed by atoms with E-state index in [2.05, 4.69) is 25.3 Å². The second kappa shape index (κ2) is 7.94. The average molecular weight is 443 g/mol. The molecule has 0 radical (unpaired) electrons. The first-order valence-corrected chi connectivity index (χ1v) is 10.3. The fourth-order valence-corrected chi connectivity index (χ4v) is 3.88. The molecule has 1 fully saturated rings. The van der Waals surface area contributed by atoms with Gasteiger partial charge >= 0.3 is 6.18 Å². The smallest absolute Gasteiger partial charge is 0.449 e. The molecule has 1 aliphatic rings. The van der Waals surface area contributed by atoms with Crippen molar-refractivity contribution in [3.05, 3.63) is 48.4 Å².